The molecule has 0 fully saturated rings. The standard InChI is InChI=1S/C14H16N2OS/c1-2-9-17-12-5-3-11(4-6-12)13-10-18-14-15-7-8-16(13)14/h3-6,10H,2,7-9H2,1H3/p+1. The van der Waals surface area contributed by atoms with Gasteiger partial charge in [-0.1, -0.05) is 18.3 Å². The van der Waals surface area contributed by atoms with E-state index in [0.29, 0.717) is 0 Å². The number of thiazole rings is 1. The predicted molar refractivity (Wildman–Crippen MR) is 74.2 cm³/mol. The summed E-state index contributed by atoms with van der Waals surface area (Å²) in [5, 5.41) is 6.86. The van der Waals surface area contributed by atoms with Crippen molar-refractivity contribution in [3.8, 4) is 17.0 Å². The molecule has 18 heavy (non-hydrogen) atoms. The van der Waals surface area contributed by atoms with Gasteiger partial charge >= 0.3 is 5.13 Å². The summed E-state index contributed by atoms with van der Waals surface area (Å²) in [6, 6.07) is 8.38. The van der Waals surface area contributed by atoms with Gasteiger partial charge in [-0.15, -0.1) is 0 Å². The third-order valence-electron chi connectivity index (χ3n) is 3.05. The maximum Gasteiger partial charge on any atom is 0.334 e. The van der Waals surface area contributed by atoms with Gasteiger partial charge in [0.25, 0.3) is 0 Å². The van der Waals surface area contributed by atoms with Crippen LogP contribution in [0.4, 0.5) is 5.13 Å². The minimum atomic E-state index is 0.784. The number of hydrogen-bond donors (Lipinski definition) is 1. The van der Waals surface area contributed by atoms with Crippen molar-refractivity contribution in [2.24, 2.45) is 0 Å². The average molecular weight is 261 g/mol. The van der Waals surface area contributed by atoms with E-state index in [4.69, 9.17) is 4.74 Å². The summed E-state index contributed by atoms with van der Waals surface area (Å²) in [6.07, 6.45) is 1.04. The number of fused-ring (bicyclic) bond motifs is 1. The lowest BCUT2D eigenvalue weighted by Crippen LogP contribution is -2.30. The summed E-state index contributed by atoms with van der Waals surface area (Å²) >= 11 is 1.77. The van der Waals surface area contributed by atoms with Crippen LogP contribution in [0.2, 0.25) is 0 Å². The van der Waals surface area contributed by atoms with Crippen molar-refractivity contribution < 1.29 is 9.30 Å². The van der Waals surface area contributed by atoms with Gasteiger partial charge in [0.15, 0.2) is 0 Å². The number of aromatic nitrogens is 1. The fraction of sp³-hybridized carbons (Fsp3) is 0.357. The lowest BCUT2D eigenvalue weighted by atomic mass is 10.1. The molecule has 1 aliphatic rings. The van der Waals surface area contributed by atoms with E-state index in [1.165, 1.54) is 16.4 Å². The summed E-state index contributed by atoms with van der Waals surface area (Å²) in [4.78, 5) is 0. The van der Waals surface area contributed by atoms with Crippen molar-refractivity contribution in [2.45, 2.75) is 19.9 Å². The molecule has 3 nitrogen and oxygen atoms in total. The van der Waals surface area contributed by atoms with Crippen molar-refractivity contribution in [3.05, 3.63) is 29.6 Å². The highest BCUT2D eigenvalue weighted by Crippen LogP contribution is 2.26. The minimum absolute atomic E-state index is 0.784. The summed E-state index contributed by atoms with van der Waals surface area (Å²) in [6.45, 7) is 5.00. The molecule has 4 heteroatoms. The molecule has 0 aliphatic carbocycles. The SMILES string of the molecule is CCCOc1ccc(-c2csc3[n+]2CCN3)cc1. The largest absolute Gasteiger partial charge is 0.494 e. The van der Waals surface area contributed by atoms with Gasteiger partial charge in [-0.2, -0.15) is 0 Å². The second-order valence-electron chi connectivity index (χ2n) is 4.38. The van der Waals surface area contributed by atoms with Crippen molar-refractivity contribution in [2.75, 3.05) is 18.5 Å². The molecule has 1 aliphatic heterocycles. The molecule has 1 aromatic heterocycles. The van der Waals surface area contributed by atoms with Crippen LogP contribution in [-0.4, -0.2) is 13.2 Å². The number of benzene rings is 1. The molecule has 1 aromatic carbocycles. The quantitative estimate of drug-likeness (QED) is 0.856. The Hall–Kier alpha value is -1.55. The van der Waals surface area contributed by atoms with E-state index in [2.05, 4.69) is 46.5 Å². The predicted octanol–water partition coefficient (Wildman–Crippen LogP) is 2.92. The van der Waals surface area contributed by atoms with Gasteiger partial charge in [0, 0.05) is 10.9 Å². The van der Waals surface area contributed by atoms with E-state index in [-0.39, 0.29) is 0 Å². The molecule has 0 unspecified atom stereocenters. The topological polar surface area (TPSA) is 25.1 Å². The van der Waals surface area contributed by atoms with Crippen LogP contribution in [0.5, 0.6) is 5.75 Å². The zero-order valence-electron chi connectivity index (χ0n) is 10.5. The van der Waals surface area contributed by atoms with Crippen LogP contribution < -0.4 is 14.6 Å². The Bertz CT molecular complexity index is 533. The smallest absolute Gasteiger partial charge is 0.334 e. The lowest BCUT2D eigenvalue weighted by molar-refractivity contribution is -0.655. The molecule has 2 aromatic rings. The molecule has 0 bridgehead atoms. The lowest BCUT2D eigenvalue weighted by Gasteiger charge is -2.05. The van der Waals surface area contributed by atoms with Crippen molar-refractivity contribution in [3.63, 3.8) is 0 Å². The Morgan fingerprint density at radius 3 is 2.94 bits per heavy atom. The van der Waals surface area contributed by atoms with E-state index in [1.54, 1.807) is 11.3 Å². The Balaban J connectivity index is 1.84. The minimum Gasteiger partial charge on any atom is -0.494 e. The molecular weight excluding hydrogens is 244 g/mol. The molecule has 2 heterocycles. The second-order valence-corrected chi connectivity index (χ2v) is 5.24. The van der Waals surface area contributed by atoms with Gasteiger partial charge in [-0.25, -0.2) is 4.57 Å². The number of anilines is 1. The normalized spacial score (nSPS) is 13.2. The Morgan fingerprint density at radius 2 is 2.17 bits per heavy atom. The zero-order valence-corrected chi connectivity index (χ0v) is 11.3. The number of hydrogen-bond acceptors (Lipinski definition) is 3. The monoisotopic (exact) mass is 261 g/mol. The third-order valence-corrected chi connectivity index (χ3v) is 3.98. The first-order valence-corrected chi connectivity index (χ1v) is 7.25. The van der Waals surface area contributed by atoms with Crippen LogP contribution in [0.1, 0.15) is 13.3 Å². The second kappa shape index (κ2) is 4.98. The highest BCUT2D eigenvalue weighted by atomic mass is 32.1. The van der Waals surface area contributed by atoms with Crippen LogP contribution in [0.25, 0.3) is 11.3 Å². The molecule has 0 saturated carbocycles. The molecule has 0 amide bonds. The first-order valence-electron chi connectivity index (χ1n) is 6.37. The highest BCUT2D eigenvalue weighted by Gasteiger charge is 2.23. The number of nitrogens with zero attached hydrogens (tertiary/aromatic N) is 1. The van der Waals surface area contributed by atoms with E-state index < -0.39 is 0 Å². The van der Waals surface area contributed by atoms with Gasteiger partial charge in [0.2, 0.25) is 0 Å². The van der Waals surface area contributed by atoms with E-state index in [9.17, 15) is 0 Å². The molecule has 0 spiro atoms. The molecule has 1 N–H and O–H groups in total. The van der Waals surface area contributed by atoms with Crippen LogP contribution in [0, 0.1) is 0 Å². The van der Waals surface area contributed by atoms with Gasteiger partial charge in [0.05, 0.1) is 6.61 Å². The molecule has 0 atom stereocenters. The van der Waals surface area contributed by atoms with Gasteiger partial charge in [0.1, 0.15) is 24.5 Å². The van der Waals surface area contributed by atoms with Crippen LogP contribution in [-0.2, 0) is 6.54 Å². The van der Waals surface area contributed by atoms with Crippen LogP contribution in [0.15, 0.2) is 29.6 Å². The van der Waals surface area contributed by atoms with Gasteiger partial charge in [-0.05, 0) is 30.7 Å². The Labute approximate surface area is 111 Å². The molecule has 0 saturated heterocycles. The fourth-order valence-corrected chi connectivity index (χ4v) is 3.14. The van der Waals surface area contributed by atoms with E-state index in [1.807, 2.05) is 0 Å². The first kappa shape index (κ1) is 11.5. The Morgan fingerprint density at radius 1 is 1.33 bits per heavy atom. The number of ether oxygens (including phenoxy) is 1. The van der Waals surface area contributed by atoms with E-state index >= 15 is 0 Å². The number of rotatable bonds is 4. The highest BCUT2D eigenvalue weighted by molar-refractivity contribution is 7.13. The van der Waals surface area contributed by atoms with E-state index in [0.717, 1.165) is 31.9 Å². The fourth-order valence-electron chi connectivity index (χ4n) is 2.15. The summed E-state index contributed by atoms with van der Waals surface area (Å²) in [7, 11) is 0. The molecule has 94 valence electrons. The maximum absolute atomic E-state index is 5.60. The van der Waals surface area contributed by atoms with Crippen molar-refractivity contribution >= 4 is 16.5 Å². The summed E-state index contributed by atoms with van der Waals surface area (Å²) < 4.78 is 7.94. The van der Waals surface area contributed by atoms with Crippen molar-refractivity contribution in [1.29, 1.82) is 0 Å². The summed E-state index contributed by atoms with van der Waals surface area (Å²) in [5.74, 6) is 0.954. The maximum atomic E-state index is 5.60. The Kier molecular flexibility index (Phi) is 3.19. The third kappa shape index (κ3) is 2.08. The van der Waals surface area contributed by atoms with Gasteiger partial charge < -0.3 is 4.74 Å². The number of nitrogens with one attached hydrogen (secondary N) is 1. The van der Waals surface area contributed by atoms with Gasteiger partial charge in [-0.3, -0.25) is 5.32 Å². The van der Waals surface area contributed by atoms with Crippen LogP contribution in [0.3, 0.4) is 0 Å². The average Bonchev–Trinajstić information content (AvgIpc) is 2.99. The first-order chi connectivity index (χ1) is 8.88. The zero-order chi connectivity index (χ0) is 12.4. The molecule has 3 rings (SSSR count). The van der Waals surface area contributed by atoms with Crippen LogP contribution >= 0.6 is 11.3 Å². The summed E-state index contributed by atoms with van der Waals surface area (Å²) in [5.41, 5.74) is 2.55. The molecular formula is C14H17N2OS+. The molecule has 0 radical (unpaired) electrons. The van der Waals surface area contributed by atoms with Crippen molar-refractivity contribution in [1.82, 2.24) is 0 Å².